The van der Waals surface area contributed by atoms with E-state index in [0.29, 0.717) is 12.5 Å². The second kappa shape index (κ2) is 7.77. The van der Waals surface area contributed by atoms with Crippen LogP contribution in [0, 0.1) is 0 Å². The lowest BCUT2D eigenvalue weighted by Crippen LogP contribution is -2.44. The number of hydrogen-bond donors (Lipinski definition) is 1. The van der Waals surface area contributed by atoms with Crippen molar-refractivity contribution in [2.75, 3.05) is 44.4 Å². The number of rotatable bonds is 3. The summed E-state index contributed by atoms with van der Waals surface area (Å²) in [5.74, 6) is 2.94. The van der Waals surface area contributed by atoms with Crippen LogP contribution in [0.25, 0.3) is 0 Å². The van der Waals surface area contributed by atoms with Gasteiger partial charge in [0.25, 0.3) is 0 Å². The fourth-order valence-corrected chi connectivity index (χ4v) is 4.34. The summed E-state index contributed by atoms with van der Waals surface area (Å²) in [5, 5.41) is 0.776. The van der Waals surface area contributed by atoms with Crippen LogP contribution >= 0.6 is 23.4 Å². The molecule has 0 atom stereocenters. The van der Waals surface area contributed by atoms with Crippen molar-refractivity contribution in [2.24, 2.45) is 10.7 Å². The van der Waals surface area contributed by atoms with Gasteiger partial charge >= 0.3 is 0 Å². The normalized spacial score (nSPS) is 22.1. The van der Waals surface area contributed by atoms with Gasteiger partial charge in [-0.15, -0.1) is 0 Å². The molecule has 2 saturated heterocycles. The highest BCUT2D eigenvalue weighted by molar-refractivity contribution is 7.99. The van der Waals surface area contributed by atoms with Gasteiger partial charge in [-0.1, -0.05) is 23.7 Å². The van der Waals surface area contributed by atoms with Crippen molar-refractivity contribution in [2.45, 2.75) is 18.3 Å². The first-order valence-electron chi connectivity index (χ1n) is 8.16. The Balaban J connectivity index is 1.79. The first-order valence-corrected chi connectivity index (χ1v) is 9.69. The molecule has 0 unspecified atom stereocenters. The molecule has 0 aliphatic carbocycles. The monoisotopic (exact) mass is 353 g/mol. The maximum atomic E-state index is 6.24. The Hall–Kier alpha value is -0.910. The summed E-state index contributed by atoms with van der Waals surface area (Å²) in [5.41, 5.74) is 7.48. The van der Waals surface area contributed by atoms with Crippen LogP contribution in [0.1, 0.15) is 18.4 Å². The van der Waals surface area contributed by atoms with E-state index in [1.54, 1.807) is 0 Å². The molecule has 1 aromatic carbocycles. The molecule has 2 N–H and O–H groups in total. The second-order valence-electron chi connectivity index (χ2n) is 6.18. The molecule has 0 spiro atoms. The van der Waals surface area contributed by atoms with Crippen LogP contribution in [0.3, 0.4) is 0 Å². The number of hydrogen-bond acceptors (Lipinski definition) is 3. The lowest BCUT2D eigenvalue weighted by molar-refractivity contribution is 0.0530. The van der Waals surface area contributed by atoms with Gasteiger partial charge in [-0.3, -0.25) is 4.99 Å². The summed E-state index contributed by atoms with van der Waals surface area (Å²) in [6, 6.07) is 8.15. The van der Waals surface area contributed by atoms with Gasteiger partial charge < -0.3 is 15.4 Å². The van der Waals surface area contributed by atoms with Crippen LogP contribution in [0.4, 0.5) is 0 Å². The molecular formula is C17H24ClN3OS. The average Bonchev–Trinajstić information content (AvgIpc) is 2.61. The minimum Gasteiger partial charge on any atom is -0.381 e. The van der Waals surface area contributed by atoms with E-state index in [1.165, 1.54) is 5.56 Å². The number of ether oxygens (including phenoxy) is 1. The van der Waals surface area contributed by atoms with Crippen molar-refractivity contribution >= 4 is 29.3 Å². The van der Waals surface area contributed by atoms with Crippen molar-refractivity contribution in [3.8, 4) is 0 Å². The fourth-order valence-electron chi connectivity index (χ4n) is 3.24. The van der Waals surface area contributed by atoms with Crippen molar-refractivity contribution < 1.29 is 4.74 Å². The smallest absolute Gasteiger partial charge is 0.191 e. The standard InChI is InChI=1S/C17H24ClN3OS/c18-15-3-1-2-14(12-15)17(4-8-22-9-5-17)13-20-16(19)21-6-10-23-11-7-21/h1-3,12H,4-11,13H2,(H2,19,20). The molecule has 0 bridgehead atoms. The van der Waals surface area contributed by atoms with Crippen molar-refractivity contribution in [3.63, 3.8) is 0 Å². The van der Waals surface area contributed by atoms with Crippen molar-refractivity contribution in [1.82, 2.24) is 4.90 Å². The summed E-state index contributed by atoms with van der Waals surface area (Å²) in [7, 11) is 0. The van der Waals surface area contributed by atoms with Crippen LogP contribution in [-0.4, -0.2) is 55.2 Å². The van der Waals surface area contributed by atoms with E-state index in [4.69, 9.17) is 27.1 Å². The molecule has 6 heteroatoms. The van der Waals surface area contributed by atoms with Crippen LogP contribution in [0.2, 0.25) is 5.02 Å². The zero-order chi connectivity index (χ0) is 16.1. The maximum Gasteiger partial charge on any atom is 0.191 e. The van der Waals surface area contributed by atoms with Gasteiger partial charge in [0.1, 0.15) is 0 Å². The molecule has 0 amide bonds. The van der Waals surface area contributed by atoms with E-state index >= 15 is 0 Å². The lowest BCUT2D eigenvalue weighted by Gasteiger charge is -2.37. The van der Waals surface area contributed by atoms with E-state index in [2.05, 4.69) is 17.0 Å². The molecule has 126 valence electrons. The first-order chi connectivity index (χ1) is 11.2. The molecular weight excluding hydrogens is 330 g/mol. The molecule has 0 aromatic heterocycles. The third-order valence-corrected chi connectivity index (χ3v) is 5.94. The van der Waals surface area contributed by atoms with E-state index < -0.39 is 0 Å². The quantitative estimate of drug-likeness (QED) is 0.670. The largest absolute Gasteiger partial charge is 0.381 e. The predicted octanol–water partition coefficient (Wildman–Crippen LogP) is 2.75. The molecule has 2 aliphatic rings. The SMILES string of the molecule is NC(=NCC1(c2cccc(Cl)c2)CCOCC1)N1CCSCC1. The molecule has 0 saturated carbocycles. The van der Waals surface area contributed by atoms with Crippen LogP contribution in [0.15, 0.2) is 29.3 Å². The second-order valence-corrected chi connectivity index (χ2v) is 7.84. The molecule has 2 aliphatic heterocycles. The minimum absolute atomic E-state index is 0.0156. The van der Waals surface area contributed by atoms with Crippen LogP contribution in [-0.2, 0) is 10.2 Å². The van der Waals surface area contributed by atoms with Gasteiger partial charge in [0.2, 0.25) is 0 Å². The number of nitrogens with zero attached hydrogens (tertiary/aromatic N) is 2. The Morgan fingerprint density at radius 3 is 2.74 bits per heavy atom. The third-order valence-electron chi connectivity index (χ3n) is 4.77. The fraction of sp³-hybridized carbons (Fsp3) is 0.588. The highest BCUT2D eigenvalue weighted by Gasteiger charge is 2.34. The maximum absolute atomic E-state index is 6.24. The molecule has 2 fully saturated rings. The van der Waals surface area contributed by atoms with Gasteiger partial charge in [0, 0.05) is 48.2 Å². The minimum atomic E-state index is -0.0156. The summed E-state index contributed by atoms with van der Waals surface area (Å²) in [6.45, 7) is 4.22. The Kier molecular flexibility index (Phi) is 5.72. The molecule has 23 heavy (non-hydrogen) atoms. The first kappa shape index (κ1) is 16.9. The summed E-state index contributed by atoms with van der Waals surface area (Å²) in [6.07, 6.45) is 1.92. The Bertz CT molecular complexity index is 555. The van der Waals surface area contributed by atoms with Crippen LogP contribution < -0.4 is 5.73 Å². The zero-order valence-corrected chi connectivity index (χ0v) is 14.9. The van der Waals surface area contributed by atoms with Crippen molar-refractivity contribution in [3.05, 3.63) is 34.9 Å². The van der Waals surface area contributed by atoms with E-state index in [9.17, 15) is 0 Å². The third kappa shape index (κ3) is 4.14. The molecule has 2 heterocycles. The number of halogens is 1. The van der Waals surface area contributed by atoms with E-state index in [1.807, 2.05) is 23.9 Å². The lowest BCUT2D eigenvalue weighted by atomic mass is 9.74. The number of guanidine groups is 1. The zero-order valence-electron chi connectivity index (χ0n) is 13.3. The molecule has 3 rings (SSSR count). The summed E-state index contributed by atoms with van der Waals surface area (Å²) in [4.78, 5) is 6.96. The predicted molar refractivity (Wildman–Crippen MR) is 98.6 cm³/mol. The highest BCUT2D eigenvalue weighted by atomic mass is 35.5. The van der Waals surface area contributed by atoms with E-state index in [0.717, 1.165) is 55.7 Å². The number of nitrogens with two attached hydrogens (primary N) is 1. The van der Waals surface area contributed by atoms with Gasteiger partial charge in [0.05, 0.1) is 6.54 Å². The molecule has 4 nitrogen and oxygen atoms in total. The van der Waals surface area contributed by atoms with Gasteiger partial charge in [-0.2, -0.15) is 11.8 Å². The number of thioether (sulfide) groups is 1. The Morgan fingerprint density at radius 1 is 1.30 bits per heavy atom. The molecule has 1 aromatic rings. The Morgan fingerprint density at radius 2 is 2.04 bits per heavy atom. The topological polar surface area (TPSA) is 50.9 Å². The van der Waals surface area contributed by atoms with Gasteiger partial charge in [-0.25, -0.2) is 0 Å². The summed E-state index contributed by atoms with van der Waals surface area (Å²) >= 11 is 8.18. The van der Waals surface area contributed by atoms with E-state index in [-0.39, 0.29) is 5.41 Å². The number of benzene rings is 1. The molecule has 0 radical (unpaired) electrons. The highest BCUT2D eigenvalue weighted by Crippen LogP contribution is 2.36. The van der Waals surface area contributed by atoms with Crippen molar-refractivity contribution in [1.29, 1.82) is 0 Å². The Labute approximate surface area is 147 Å². The summed E-state index contributed by atoms with van der Waals surface area (Å²) < 4.78 is 5.57. The van der Waals surface area contributed by atoms with Crippen LogP contribution in [0.5, 0.6) is 0 Å². The number of aliphatic imine (C=N–C) groups is 1. The average molecular weight is 354 g/mol. The van der Waals surface area contributed by atoms with Gasteiger partial charge in [0.15, 0.2) is 5.96 Å². The van der Waals surface area contributed by atoms with Gasteiger partial charge in [-0.05, 0) is 30.5 Å².